The van der Waals surface area contributed by atoms with Crippen LogP contribution in [0.15, 0.2) is 48.5 Å². The first-order valence-electron chi connectivity index (χ1n) is 8.65. The number of ether oxygens (including phenoxy) is 1. The minimum absolute atomic E-state index is 0.0641. The number of benzene rings is 2. The summed E-state index contributed by atoms with van der Waals surface area (Å²) in [4.78, 5) is 2.26. The van der Waals surface area contributed by atoms with E-state index in [1.54, 1.807) is 6.07 Å². The number of piperidine rings is 1. The second-order valence-electron chi connectivity index (χ2n) is 6.53. The number of likely N-dealkylation sites (tertiary alicyclic amines) is 1. The van der Waals surface area contributed by atoms with Gasteiger partial charge in [-0.3, -0.25) is 0 Å². The second-order valence-corrected chi connectivity index (χ2v) is 6.93. The normalized spacial score (nSPS) is 17.4. The summed E-state index contributed by atoms with van der Waals surface area (Å²) in [5.41, 5.74) is 1.40. The van der Waals surface area contributed by atoms with Crippen LogP contribution in [0.1, 0.15) is 24.3 Å². The van der Waals surface area contributed by atoms with E-state index in [1.165, 1.54) is 17.7 Å². The number of aliphatic hydroxyl groups excluding tert-OH is 1. The van der Waals surface area contributed by atoms with Gasteiger partial charge in [0.1, 0.15) is 24.3 Å². The van der Waals surface area contributed by atoms with Crippen LogP contribution in [0.2, 0.25) is 5.02 Å². The number of aliphatic hydroxyl groups is 1. The van der Waals surface area contributed by atoms with Crippen LogP contribution in [0.3, 0.4) is 0 Å². The minimum Gasteiger partial charge on any atom is -0.491 e. The molecule has 0 bridgehead atoms. The van der Waals surface area contributed by atoms with E-state index in [2.05, 4.69) is 29.2 Å². The lowest BCUT2D eigenvalue weighted by molar-refractivity contribution is 0.0593. The molecule has 0 aromatic heterocycles. The van der Waals surface area contributed by atoms with E-state index >= 15 is 0 Å². The van der Waals surface area contributed by atoms with Crippen molar-refractivity contribution in [1.29, 1.82) is 0 Å². The standard InChI is InChI=1S/C20H23ClFNO2/c21-19-7-6-18(12-20(19)22)25-14-17(24)13-23-10-8-16(9-11-23)15-4-2-1-3-5-15/h1-7,12,16-17,24H,8-11,13-14H2/t17-/m0/s1. The van der Waals surface area contributed by atoms with Crippen molar-refractivity contribution in [3.05, 3.63) is 64.9 Å². The summed E-state index contributed by atoms with van der Waals surface area (Å²) in [6.45, 7) is 2.63. The third-order valence-electron chi connectivity index (χ3n) is 4.66. The van der Waals surface area contributed by atoms with Crippen molar-refractivity contribution in [3.8, 4) is 5.75 Å². The zero-order valence-electron chi connectivity index (χ0n) is 14.1. The summed E-state index contributed by atoms with van der Waals surface area (Å²) in [7, 11) is 0. The first kappa shape index (κ1) is 18.2. The molecule has 3 nitrogen and oxygen atoms in total. The molecular formula is C20H23ClFNO2. The van der Waals surface area contributed by atoms with Gasteiger partial charge in [0.25, 0.3) is 0 Å². The molecule has 0 spiro atoms. The van der Waals surface area contributed by atoms with Crippen molar-refractivity contribution in [2.45, 2.75) is 24.9 Å². The van der Waals surface area contributed by atoms with Crippen LogP contribution >= 0.6 is 11.6 Å². The zero-order chi connectivity index (χ0) is 17.6. The fraction of sp³-hybridized carbons (Fsp3) is 0.400. The van der Waals surface area contributed by atoms with E-state index in [9.17, 15) is 9.50 Å². The van der Waals surface area contributed by atoms with Crippen molar-refractivity contribution in [2.75, 3.05) is 26.2 Å². The first-order chi connectivity index (χ1) is 12.1. The van der Waals surface area contributed by atoms with Crippen LogP contribution in [0.5, 0.6) is 5.75 Å². The van der Waals surface area contributed by atoms with E-state index in [0.717, 1.165) is 25.9 Å². The Kier molecular flexibility index (Phi) is 6.29. The molecule has 0 amide bonds. The highest BCUT2D eigenvalue weighted by atomic mass is 35.5. The van der Waals surface area contributed by atoms with E-state index in [4.69, 9.17) is 16.3 Å². The third kappa shape index (κ3) is 5.18. The molecule has 1 saturated heterocycles. The van der Waals surface area contributed by atoms with Gasteiger partial charge in [0.2, 0.25) is 0 Å². The Morgan fingerprint density at radius 2 is 1.88 bits per heavy atom. The Balaban J connectivity index is 1.41. The topological polar surface area (TPSA) is 32.7 Å². The van der Waals surface area contributed by atoms with Gasteiger partial charge in [-0.15, -0.1) is 0 Å². The highest BCUT2D eigenvalue weighted by molar-refractivity contribution is 6.30. The van der Waals surface area contributed by atoms with Gasteiger partial charge in [-0.05, 0) is 49.5 Å². The minimum atomic E-state index is -0.605. The van der Waals surface area contributed by atoms with Gasteiger partial charge in [-0.1, -0.05) is 41.9 Å². The molecule has 5 heteroatoms. The molecule has 134 valence electrons. The van der Waals surface area contributed by atoms with Crippen LogP contribution < -0.4 is 4.74 Å². The van der Waals surface area contributed by atoms with Crippen LogP contribution in [0, 0.1) is 5.82 Å². The fourth-order valence-corrected chi connectivity index (χ4v) is 3.40. The van der Waals surface area contributed by atoms with Crippen LogP contribution in [0.25, 0.3) is 0 Å². The lowest BCUT2D eigenvalue weighted by atomic mass is 9.89. The molecule has 0 saturated carbocycles. The molecule has 25 heavy (non-hydrogen) atoms. The molecule has 1 aliphatic heterocycles. The van der Waals surface area contributed by atoms with Crippen molar-refractivity contribution >= 4 is 11.6 Å². The summed E-state index contributed by atoms with van der Waals surface area (Å²) < 4.78 is 18.8. The molecule has 0 unspecified atom stereocenters. The molecule has 0 aliphatic carbocycles. The number of hydrogen-bond donors (Lipinski definition) is 1. The summed E-state index contributed by atoms with van der Waals surface area (Å²) in [6.07, 6.45) is 1.59. The predicted octanol–water partition coefficient (Wildman–Crippen LogP) is 4.10. The Hall–Kier alpha value is -1.62. The highest BCUT2D eigenvalue weighted by Crippen LogP contribution is 2.27. The first-order valence-corrected chi connectivity index (χ1v) is 9.03. The average Bonchev–Trinajstić information content (AvgIpc) is 2.64. The van der Waals surface area contributed by atoms with Crippen molar-refractivity contribution in [3.63, 3.8) is 0 Å². The molecule has 1 aliphatic rings. The SMILES string of the molecule is O[C@H](COc1ccc(Cl)c(F)c1)CN1CCC(c2ccccc2)CC1. The smallest absolute Gasteiger partial charge is 0.145 e. The number of hydrogen-bond acceptors (Lipinski definition) is 3. The maximum absolute atomic E-state index is 13.4. The van der Waals surface area contributed by atoms with Gasteiger partial charge in [0, 0.05) is 12.6 Å². The molecule has 2 aromatic rings. The van der Waals surface area contributed by atoms with Gasteiger partial charge in [-0.25, -0.2) is 4.39 Å². The maximum atomic E-state index is 13.4. The van der Waals surface area contributed by atoms with Gasteiger partial charge in [0.05, 0.1) is 5.02 Å². The fourth-order valence-electron chi connectivity index (χ4n) is 3.28. The second kappa shape index (κ2) is 8.65. The quantitative estimate of drug-likeness (QED) is 0.838. The Morgan fingerprint density at radius 3 is 2.56 bits per heavy atom. The molecule has 1 fully saturated rings. The Labute approximate surface area is 153 Å². The summed E-state index contributed by atoms with van der Waals surface area (Å²) >= 11 is 5.64. The third-order valence-corrected chi connectivity index (χ3v) is 4.97. The summed E-state index contributed by atoms with van der Waals surface area (Å²) in [6, 6.07) is 14.9. The van der Waals surface area contributed by atoms with Crippen LogP contribution in [0.4, 0.5) is 4.39 Å². The summed E-state index contributed by atoms with van der Waals surface area (Å²) in [5, 5.41) is 10.2. The molecule has 1 N–H and O–H groups in total. The van der Waals surface area contributed by atoms with E-state index < -0.39 is 11.9 Å². The van der Waals surface area contributed by atoms with Crippen molar-refractivity contribution in [1.82, 2.24) is 4.90 Å². The van der Waals surface area contributed by atoms with Gasteiger partial charge >= 0.3 is 0 Å². The largest absolute Gasteiger partial charge is 0.491 e. The molecule has 0 radical (unpaired) electrons. The van der Waals surface area contributed by atoms with Gasteiger partial charge < -0.3 is 14.7 Å². The maximum Gasteiger partial charge on any atom is 0.145 e. The average molecular weight is 364 g/mol. The number of nitrogens with zero attached hydrogens (tertiary/aromatic N) is 1. The molecule has 1 atom stereocenters. The highest BCUT2D eigenvalue weighted by Gasteiger charge is 2.22. The number of β-amino-alcohol motifs (C(OH)–C–C–N with tert-alkyl or cyclic N) is 1. The van der Waals surface area contributed by atoms with Gasteiger partial charge in [0.15, 0.2) is 0 Å². The van der Waals surface area contributed by atoms with Crippen LogP contribution in [-0.4, -0.2) is 42.4 Å². The van der Waals surface area contributed by atoms with E-state index in [-0.39, 0.29) is 11.6 Å². The lowest BCUT2D eigenvalue weighted by Gasteiger charge is -2.33. The molecule has 1 heterocycles. The lowest BCUT2D eigenvalue weighted by Crippen LogP contribution is -2.40. The monoisotopic (exact) mass is 363 g/mol. The summed E-state index contributed by atoms with van der Waals surface area (Å²) in [5.74, 6) is 0.461. The molecular weight excluding hydrogens is 341 g/mol. The van der Waals surface area contributed by atoms with Crippen LogP contribution in [-0.2, 0) is 0 Å². The van der Waals surface area contributed by atoms with E-state index in [1.807, 2.05) is 6.07 Å². The molecule has 2 aromatic carbocycles. The molecule has 3 rings (SSSR count). The van der Waals surface area contributed by atoms with E-state index in [0.29, 0.717) is 18.2 Å². The van der Waals surface area contributed by atoms with Crippen molar-refractivity contribution < 1.29 is 14.2 Å². The Morgan fingerprint density at radius 1 is 1.16 bits per heavy atom. The van der Waals surface area contributed by atoms with Crippen molar-refractivity contribution in [2.24, 2.45) is 0 Å². The zero-order valence-corrected chi connectivity index (χ0v) is 14.8. The Bertz CT molecular complexity index is 675. The predicted molar refractivity (Wildman–Crippen MR) is 97.8 cm³/mol. The number of halogens is 2. The number of rotatable bonds is 6. The van der Waals surface area contributed by atoms with Gasteiger partial charge in [-0.2, -0.15) is 0 Å².